The van der Waals surface area contributed by atoms with Gasteiger partial charge in [-0.05, 0) is 42.5 Å². The van der Waals surface area contributed by atoms with Gasteiger partial charge in [0.2, 0.25) is 0 Å². The lowest BCUT2D eigenvalue weighted by molar-refractivity contribution is 0.412. The van der Waals surface area contributed by atoms with Crippen LogP contribution in [0.15, 0.2) is 42.5 Å². The second-order valence-corrected chi connectivity index (χ2v) is 5.51. The first-order chi connectivity index (χ1) is 10.3. The number of rotatable bonds is 4. The summed E-state index contributed by atoms with van der Waals surface area (Å²) >= 11 is 0. The van der Waals surface area contributed by atoms with Crippen molar-refractivity contribution >= 4 is 5.69 Å². The summed E-state index contributed by atoms with van der Waals surface area (Å²) < 4.78 is 18.5. The van der Waals surface area contributed by atoms with E-state index >= 15 is 0 Å². The molecular weight excluding hydrogens is 265 g/mol. The highest BCUT2D eigenvalue weighted by molar-refractivity contribution is 5.56. The topological polar surface area (TPSA) is 21.3 Å². The van der Waals surface area contributed by atoms with Crippen LogP contribution in [0, 0.1) is 5.82 Å². The average Bonchev–Trinajstić information content (AvgIpc) is 2.53. The maximum atomic E-state index is 13.2. The van der Waals surface area contributed by atoms with Gasteiger partial charge in [-0.15, -0.1) is 0 Å². The maximum absolute atomic E-state index is 13.2. The average molecular weight is 285 g/mol. The molecule has 0 heterocycles. The van der Waals surface area contributed by atoms with Gasteiger partial charge < -0.3 is 10.1 Å². The summed E-state index contributed by atoms with van der Waals surface area (Å²) in [6.07, 6.45) is 3.59. The van der Waals surface area contributed by atoms with Crippen LogP contribution in [0.1, 0.15) is 29.9 Å². The van der Waals surface area contributed by atoms with Crippen molar-refractivity contribution in [3.8, 4) is 5.75 Å². The molecule has 0 fully saturated rings. The van der Waals surface area contributed by atoms with E-state index in [0.717, 1.165) is 12.2 Å². The van der Waals surface area contributed by atoms with E-state index in [0.29, 0.717) is 11.7 Å². The summed E-state index contributed by atoms with van der Waals surface area (Å²) in [5, 5.41) is 3.41. The maximum Gasteiger partial charge on any atom is 0.144 e. The number of aryl methyl sites for hydroxylation is 1. The lowest BCUT2D eigenvalue weighted by Gasteiger charge is -2.26. The molecule has 3 heteroatoms. The Morgan fingerprint density at radius 3 is 2.95 bits per heavy atom. The highest BCUT2D eigenvalue weighted by Crippen LogP contribution is 2.33. The van der Waals surface area contributed by atoms with Gasteiger partial charge in [0.25, 0.3) is 0 Å². The summed E-state index contributed by atoms with van der Waals surface area (Å²) in [4.78, 5) is 0. The Labute approximate surface area is 125 Å². The Bertz CT molecular complexity index is 626. The van der Waals surface area contributed by atoms with E-state index in [1.165, 1.54) is 42.5 Å². The highest BCUT2D eigenvalue weighted by Gasteiger charge is 2.19. The van der Waals surface area contributed by atoms with Crippen LogP contribution in [-0.4, -0.2) is 13.7 Å². The predicted octanol–water partition coefficient (Wildman–Crippen LogP) is 4.37. The van der Waals surface area contributed by atoms with E-state index in [4.69, 9.17) is 4.74 Å². The molecule has 2 nitrogen and oxygen atoms in total. The molecule has 0 saturated heterocycles. The Morgan fingerprint density at radius 2 is 2.10 bits per heavy atom. The molecule has 0 amide bonds. The molecule has 1 aliphatic rings. The number of anilines is 1. The summed E-state index contributed by atoms with van der Waals surface area (Å²) in [5.74, 6) is 0.782. The number of halogens is 1. The van der Waals surface area contributed by atoms with Crippen LogP contribution in [0.2, 0.25) is 0 Å². The van der Waals surface area contributed by atoms with Crippen molar-refractivity contribution in [2.24, 2.45) is 0 Å². The van der Waals surface area contributed by atoms with E-state index in [1.54, 1.807) is 13.2 Å². The summed E-state index contributed by atoms with van der Waals surface area (Å²) in [5.41, 5.74) is 3.75. The molecule has 2 aromatic carbocycles. The van der Waals surface area contributed by atoms with Gasteiger partial charge in [-0.3, -0.25) is 0 Å². The monoisotopic (exact) mass is 285 g/mol. The van der Waals surface area contributed by atoms with Crippen molar-refractivity contribution < 1.29 is 9.13 Å². The molecule has 1 N–H and O–H groups in total. The second-order valence-electron chi connectivity index (χ2n) is 5.51. The molecule has 0 bridgehead atoms. The van der Waals surface area contributed by atoms with E-state index in [9.17, 15) is 4.39 Å². The third-order valence-electron chi connectivity index (χ3n) is 4.20. The van der Waals surface area contributed by atoms with Gasteiger partial charge in [-0.25, -0.2) is 4.39 Å². The molecule has 1 aliphatic carbocycles. The number of nitrogens with one attached hydrogen (secondary N) is 1. The molecule has 0 aromatic heterocycles. The van der Waals surface area contributed by atoms with Gasteiger partial charge >= 0.3 is 0 Å². The quantitative estimate of drug-likeness (QED) is 0.901. The molecule has 2 aromatic rings. The van der Waals surface area contributed by atoms with Crippen molar-refractivity contribution in [2.75, 3.05) is 19.0 Å². The smallest absolute Gasteiger partial charge is 0.144 e. The first-order valence-corrected chi connectivity index (χ1v) is 7.43. The minimum atomic E-state index is -0.277. The number of fused-ring (bicyclic) bond motifs is 1. The van der Waals surface area contributed by atoms with Crippen molar-refractivity contribution in [1.82, 2.24) is 0 Å². The number of methoxy groups -OCH3 is 1. The van der Waals surface area contributed by atoms with Crippen molar-refractivity contribution in [1.29, 1.82) is 0 Å². The zero-order valence-electron chi connectivity index (χ0n) is 12.2. The van der Waals surface area contributed by atoms with E-state index in [1.807, 2.05) is 0 Å². The third-order valence-corrected chi connectivity index (χ3v) is 4.20. The standard InChI is InChI=1S/C18H20FNO/c1-21-18-11-15(19)9-10-17(18)20-12-14-7-4-6-13-5-2-3-8-16(13)14/h2-3,5,8-11,14,20H,4,6-7,12H2,1H3. The molecule has 0 saturated carbocycles. The van der Waals surface area contributed by atoms with Crippen molar-refractivity contribution in [2.45, 2.75) is 25.2 Å². The fraction of sp³-hybridized carbons (Fsp3) is 0.333. The van der Waals surface area contributed by atoms with E-state index in [2.05, 4.69) is 29.6 Å². The van der Waals surface area contributed by atoms with Crippen LogP contribution >= 0.6 is 0 Å². The SMILES string of the molecule is COc1cc(F)ccc1NCC1CCCc2ccccc21. The summed E-state index contributed by atoms with van der Waals surface area (Å²) in [6, 6.07) is 13.3. The number of hydrogen-bond donors (Lipinski definition) is 1. The minimum Gasteiger partial charge on any atom is -0.494 e. The Kier molecular flexibility index (Phi) is 4.09. The highest BCUT2D eigenvalue weighted by atomic mass is 19.1. The first kappa shape index (κ1) is 13.9. The fourth-order valence-electron chi connectivity index (χ4n) is 3.11. The Morgan fingerprint density at radius 1 is 1.24 bits per heavy atom. The van der Waals surface area contributed by atoms with Crippen molar-refractivity contribution in [3.05, 3.63) is 59.4 Å². The van der Waals surface area contributed by atoms with Crippen LogP contribution < -0.4 is 10.1 Å². The fourth-order valence-corrected chi connectivity index (χ4v) is 3.11. The van der Waals surface area contributed by atoms with Gasteiger partial charge in [-0.1, -0.05) is 24.3 Å². The van der Waals surface area contributed by atoms with Crippen LogP contribution in [0.25, 0.3) is 0 Å². The van der Waals surface area contributed by atoms with Gasteiger partial charge in [0.05, 0.1) is 12.8 Å². The van der Waals surface area contributed by atoms with Gasteiger partial charge in [0, 0.05) is 18.5 Å². The zero-order valence-corrected chi connectivity index (χ0v) is 12.2. The van der Waals surface area contributed by atoms with Crippen LogP contribution in [0.5, 0.6) is 5.75 Å². The Balaban J connectivity index is 1.74. The van der Waals surface area contributed by atoms with Crippen LogP contribution in [0.3, 0.4) is 0 Å². The third kappa shape index (κ3) is 3.02. The zero-order chi connectivity index (χ0) is 14.7. The number of benzene rings is 2. The van der Waals surface area contributed by atoms with Crippen LogP contribution in [0.4, 0.5) is 10.1 Å². The molecule has 0 radical (unpaired) electrons. The van der Waals surface area contributed by atoms with Gasteiger partial charge in [0.1, 0.15) is 11.6 Å². The molecule has 1 atom stereocenters. The number of hydrogen-bond acceptors (Lipinski definition) is 2. The lowest BCUT2D eigenvalue weighted by atomic mass is 9.83. The molecule has 21 heavy (non-hydrogen) atoms. The molecule has 1 unspecified atom stereocenters. The summed E-state index contributed by atoms with van der Waals surface area (Å²) in [7, 11) is 1.57. The second kappa shape index (κ2) is 6.17. The molecule has 0 aliphatic heterocycles. The molecule has 110 valence electrons. The number of ether oxygens (including phenoxy) is 1. The Hall–Kier alpha value is -2.03. The van der Waals surface area contributed by atoms with Gasteiger partial charge in [-0.2, -0.15) is 0 Å². The normalized spacial score (nSPS) is 17.1. The summed E-state index contributed by atoms with van der Waals surface area (Å²) in [6.45, 7) is 0.846. The van der Waals surface area contributed by atoms with Gasteiger partial charge in [0.15, 0.2) is 0 Å². The first-order valence-electron chi connectivity index (χ1n) is 7.43. The predicted molar refractivity (Wildman–Crippen MR) is 83.6 cm³/mol. The van der Waals surface area contributed by atoms with E-state index in [-0.39, 0.29) is 5.82 Å². The lowest BCUT2D eigenvalue weighted by Crippen LogP contribution is -2.18. The van der Waals surface area contributed by atoms with Crippen LogP contribution in [-0.2, 0) is 6.42 Å². The molecular formula is C18H20FNO. The molecule has 0 spiro atoms. The van der Waals surface area contributed by atoms with Crippen molar-refractivity contribution in [3.63, 3.8) is 0 Å². The largest absolute Gasteiger partial charge is 0.494 e. The minimum absolute atomic E-state index is 0.277. The molecule has 3 rings (SSSR count). The van der Waals surface area contributed by atoms with E-state index < -0.39 is 0 Å².